The Morgan fingerprint density at radius 2 is 2.06 bits per heavy atom. The van der Waals surface area contributed by atoms with Crippen molar-refractivity contribution in [2.75, 3.05) is 27.1 Å². The van der Waals surface area contributed by atoms with E-state index in [9.17, 15) is 4.79 Å². The van der Waals surface area contributed by atoms with E-state index in [1.165, 1.54) is 0 Å². The third kappa shape index (κ3) is 4.18. The quantitative estimate of drug-likeness (QED) is 0.418. The zero-order valence-corrected chi connectivity index (χ0v) is 9.70. The number of methoxy groups -OCH3 is 1. The topological polar surface area (TPSA) is 44.8 Å². The van der Waals surface area contributed by atoms with Crippen molar-refractivity contribution in [3.8, 4) is 5.75 Å². The molecule has 88 valence electrons. The fraction of sp³-hybridized carbons (Fsp3) is 0.364. The van der Waals surface area contributed by atoms with Gasteiger partial charge in [-0.2, -0.15) is 0 Å². The summed E-state index contributed by atoms with van der Waals surface area (Å²) in [5.74, 6) is 0.417. The second kappa shape index (κ2) is 7.22. The van der Waals surface area contributed by atoms with E-state index in [4.69, 9.17) is 25.8 Å². The minimum Gasteiger partial charge on any atom is -0.467 e. The smallest absolute Gasteiger partial charge is 0.256 e. The van der Waals surface area contributed by atoms with Crippen molar-refractivity contribution in [1.29, 1.82) is 0 Å². The third-order valence-corrected chi connectivity index (χ3v) is 2.03. The Balaban J connectivity index is 2.44. The van der Waals surface area contributed by atoms with Crippen LogP contribution in [0.2, 0.25) is 0 Å². The molecule has 0 radical (unpaired) electrons. The number of benzene rings is 1. The SMILES string of the molecule is COCCOCOc1ccccc1C(=O)Cl. The second-order valence-electron chi connectivity index (χ2n) is 2.93. The summed E-state index contributed by atoms with van der Waals surface area (Å²) < 4.78 is 15.2. The lowest BCUT2D eigenvalue weighted by atomic mass is 10.2. The van der Waals surface area contributed by atoms with E-state index in [1.54, 1.807) is 31.4 Å². The van der Waals surface area contributed by atoms with Crippen LogP contribution in [0.25, 0.3) is 0 Å². The lowest BCUT2D eigenvalue weighted by molar-refractivity contribution is -0.00869. The average Bonchev–Trinajstić information content (AvgIpc) is 2.29. The Morgan fingerprint density at radius 1 is 1.31 bits per heavy atom. The van der Waals surface area contributed by atoms with Gasteiger partial charge in [-0.05, 0) is 23.7 Å². The first-order chi connectivity index (χ1) is 7.75. The summed E-state index contributed by atoms with van der Waals surface area (Å²) >= 11 is 5.39. The van der Waals surface area contributed by atoms with Crippen molar-refractivity contribution in [3.63, 3.8) is 0 Å². The molecular weight excluding hydrogens is 232 g/mol. The van der Waals surface area contributed by atoms with Crippen LogP contribution in [0.3, 0.4) is 0 Å². The lowest BCUT2D eigenvalue weighted by Gasteiger charge is -2.09. The van der Waals surface area contributed by atoms with E-state index < -0.39 is 5.24 Å². The predicted molar refractivity (Wildman–Crippen MR) is 59.9 cm³/mol. The molecule has 0 heterocycles. The van der Waals surface area contributed by atoms with Crippen LogP contribution >= 0.6 is 11.6 Å². The molecule has 0 aliphatic rings. The molecule has 5 heteroatoms. The van der Waals surface area contributed by atoms with E-state index in [1.807, 2.05) is 0 Å². The molecule has 1 rings (SSSR count). The van der Waals surface area contributed by atoms with Gasteiger partial charge in [0, 0.05) is 7.11 Å². The lowest BCUT2D eigenvalue weighted by Crippen LogP contribution is -2.09. The third-order valence-electron chi connectivity index (χ3n) is 1.83. The van der Waals surface area contributed by atoms with Crippen molar-refractivity contribution in [1.82, 2.24) is 0 Å². The standard InChI is InChI=1S/C11H13ClO4/c1-14-6-7-15-8-16-10-5-3-2-4-9(10)11(12)13/h2-5H,6-8H2,1H3. The van der Waals surface area contributed by atoms with Crippen molar-refractivity contribution in [2.24, 2.45) is 0 Å². The number of hydrogen-bond donors (Lipinski definition) is 0. The molecule has 0 saturated carbocycles. The maximum atomic E-state index is 11.0. The summed E-state index contributed by atoms with van der Waals surface area (Å²) in [6.07, 6.45) is 0. The van der Waals surface area contributed by atoms with Crippen LogP contribution in [-0.4, -0.2) is 32.4 Å². The molecule has 0 unspecified atom stereocenters. The molecule has 0 bridgehead atoms. The van der Waals surface area contributed by atoms with Gasteiger partial charge >= 0.3 is 0 Å². The van der Waals surface area contributed by atoms with Gasteiger partial charge in [0.1, 0.15) is 5.75 Å². The van der Waals surface area contributed by atoms with E-state index >= 15 is 0 Å². The summed E-state index contributed by atoms with van der Waals surface area (Å²) in [4.78, 5) is 11.0. The van der Waals surface area contributed by atoms with E-state index in [2.05, 4.69) is 0 Å². The number of para-hydroxylation sites is 1. The molecule has 4 nitrogen and oxygen atoms in total. The highest BCUT2D eigenvalue weighted by atomic mass is 35.5. The van der Waals surface area contributed by atoms with Gasteiger partial charge in [-0.15, -0.1) is 0 Å². The van der Waals surface area contributed by atoms with Crippen molar-refractivity contribution in [3.05, 3.63) is 29.8 Å². The molecule has 1 aromatic carbocycles. The first-order valence-corrected chi connectivity index (χ1v) is 5.12. The first-order valence-electron chi connectivity index (χ1n) is 4.74. The van der Waals surface area contributed by atoms with Crippen LogP contribution in [0.15, 0.2) is 24.3 Å². The van der Waals surface area contributed by atoms with Crippen LogP contribution in [0.4, 0.5) is 0 Å². The Labute approximate surface area is 99.1 Å². The molecule has 0 atom stereocenters. The Bertz CT molecular complexity index is 341. The fourth-order valence-corrected chi connectivity index (χ4v) is 1.22. The maximum absolute atomic E-state index is 11.0. The molecule has 16 heavy (non-hydrogen) atoms. The molecule has 1 aromatic rings. The Kier molecular flexibility index (Phi) is 5.85. The summed E-state index contributed by atoms with van der Waals surface area (Å²) in [6.45, 7) is 0.997. The zero-order chi connectivity index (χ0) is 11.8. The monoisotopic (exact) mass is 244 g/mol. The minimum absolute atomic E-state index is 0.0601. The molecule has 0 spiro atoms. The van der Waals surface area contributed by atoms with Crippen LogP contribution in [-0.2, 0) is 9.47 Å². The van der Waals surface area contributed by atoms with Gasteiger partial charge in [-0.1, -0.05) is 12.1 Å². The number of hydrogen-bond acceptors (Lipinski definition) is 4. The van der Waals surface area contributed by atoms with Gasteiger partial charge in [0.15, 0.2) is 6.79 Å². The fourth-order valence-electron chi connectivity index (χ4n) is 1.06. The van der Waals surface area contributed by atoms with Crippen molar-refractivity contribution < 1.29 is 19.0 Å². The summed E-state index contributed by atoms with van der Waals surface area (Å²) in [7, 11) is 1.59. The van der Waals surface area contributed by atoms with Crippen LogP contribution in [0.1, 0.15) is 10.4 Å². The average molecular weight is 245 g/mol. The number of carbonyl (C=O) groups is 1. The molecular formula is C11H13ClO4. The summed E-state index contributed by atoms with van der Waals surface area (Å²) in [5, 5.41) is -0.549. The highest BCUT2D eigenvalue weighted by molar-refractivity contribution is 6.68. The molecule has 0 aliphatic heterocycles. The normalized spacial score (nSPS) is 10.1. The molecule has 0 aromatic heterocycles. The van der Waals surface area contributed by atoms with Gasteiger partial charge in [0.2, 0.25) is 0 Å². The number of carbonyl (C=O) groups excluding carboxylic acids is 1. The van der Waals surface area contributed by atoms with E-state index in [0.29, 0.717) is 24.5 Å². The van der Waals surface area contributed by atoms with Gasteiger partial charge in [-0.3, -0.25) is 4.79 Å². The summed E-state index contributed by atoms with van der Waals surface area (Å²) in [6, 6.07) is 6.73. The van der Waals surface area contributed by atoms with Crippen LogP contribution in [0, 0.1) is 0 Å². The first kappa shape index (κ1) is 13.0. The maximum Gasteiger partial charge on any atom is 0.256 e. The van der Waals surface area contributed by atoms with Crippen LogP contribution in [0.5, 0.6) is 5.75 Å². The minimum atomic E-state index is -0.549. The van der Waals surface area contributed by atoms with Gasteiger partial charge in [0.25, 0.3) is 5.24 Å². The summed E-state index contributed by atoms with van der Waals surface area (Å²) in [5.41, 5.74) is 0.333. The van der Waals surface area contributed by atoms with Gasteiger partial charge < -0.3 is 14.2 Å². The Morgan fingerprint density at radius 3 is 2.75 bits per heavy atom. The highest BCUT2D eigenvalue weighted by Gasteiger charge is 2.08. The number of rotatable bonds is 7. The van der Waals surface area contributed by atoms with E-state index in [-0.39, 0.29) is 6.79 Å². The van der Waals surface area contributed by atoms with E-state index in [0.717, 1.165) is 0 Å². The predicted octanol–water partition coefficient (Wildman–Crippen LogP) is 2.06. The molecule has 0 saturated heterocycles. The van der Waals surface area contributed by atoms with Crippen LogP contribution < -0.4 is 4.74 Å². The number of halogens is 1. The van der Waals surface area contributed by atoms with Gasteiger partial charge in [0.05, 0.1) is 18.8 Å². The molecule has 0 fully saturated rings. The molecule has 0 aliphatic carbocycles. The largest absolute Gasteiger partial charge is 0.467 e. The second-order valence-corrected chi connectivity index (χ2v) is 3.28. The van der Waals surface area contributed by atoms with Crippen molar-refractivity contribution >= 4 is 16.8 Å². The Hall–Kier alpha value is -1.10. The zero-order valence-electron chi connectivity index (χ0n) is 8.94. The molecule has 0 amide bonds. The van der Waals surface area contributed by atoms with Gasteiger partial charge in [-0.25, -0.2) is 0 Å². The van der Waals surface area contributed by atoms with Crippen molar-refractivity contribution in [2.45, 2.75) is 0 Å². The highest BCUT2D eigenvalue weighted by Crippen LogP contribution is 2.19. The number of ether oxygens (including phenoxy) is 3. The molecule has 0 N–H and O–H groups in total.